The van der Waals surface area contributed by atoms with Crippen molar-refractivity contribution in [2.75, 3.05) is 20.2 Å². The Kier molecular flexibility index (Phi) is 3.64. The average molecular weight is 233 g/mol. The zero-order valence-electron chi connectivity index (χ0n) is 10.4. The van der Waals surface area contributed by atoms with Gasteiger partial charge in [-0.05, 0) is 24.6 Å². The van der Waals surface area contributed by atoms with Crippen LogP contribution in [0.25, 0.3) is 0 Å². The first kappa shape index (κ1) is 11.9. The topological polar surface area (TPSA) is 50.9 Å². The van der Waals surface area contributed by atoms with E-state index in [2.05, 4.69) is 17.2 Å². The summed E-state index contributed by atoms with van der Waals surface area (Å²) < 4.78 is 5.43. The van der Waals surface area contributed by atoms with Crippen LogP contribution in [-0.4, -0.2) is 30.9 Å². The fourth-order valence-electron chi connectivity index (χ4n) is 2.10. The van der Waals surface area contributed by atoms with Crippen molar-refractivity contribution in [2.24, 2.45) is 10.8 Å². The summed E-state index contributed by atoms with van der Waals surface area (Å²) >= 11 is 0. The highest BCUT2D eigenvalue weighted by molar-refractivity contribution is 5.88. The molecule has 4 nitrogen and oxygen atoms in total. The van der Waals surface area contributed by atoms with Crippen LogP contribution in [0.1, 0.15) is 24.9 Å². The summed E-state index contributed by atoms with van der Waals surface area (Å²) in [6, 6.07) is 8.52. The minimum atomic E-state index is 0.309. The Labute approximate surface area is 102 Å². The van der Waals surface area contributed by atoms with Gasteiger partial charge >= 0.3 is 0 Å². The third-order valence-electron chi connectivity index (χ3n) is 2.99. The number of hydrazone groups is 1. The van der Waals surface area contributed by atoms with E-state index in [1.807, 2.05) is 31.1 Å². The lowest BCUT2D eigenvalue weighted by atomic mass is 10.0. The molecule has 0 amide bonds. The summed E-state index contributed by atoms with van der Waals surface area (Å²) in [5, 5.41) is 6.40. The van der Waals surface area contributed by atoms with Crippen LogP contribution in [0, 0.1) is 0 Å². The normalized spacial score (nSPS) is 19.4. The molecular weight excluding hydrogens is 214 g/mol. The smallest absolute Gasteiger partial charge is 0.119 e. The molecule has 1 heterocycles. The Morgan fingerprint density at radius 3 is 2.65 bits per heavy atom. The van der Waals surface area contributed by atoms with Crippen molar-refractivity contribution in [1.29, 1.82) is 0 Å². The second-order valence-electron chi connectivity index (χ2n) is 4.17. The van der Waals surface area contributed by atoms with Gasteiger partial charge in [-0.3, -0.25) is 5.01 Å². The lowest BCUT2D eigenvalue weighted by Crippen LogP contribution is -2.14. The second-order valence-corrected chi connectivity index (χ2v) is 4.17. The van der Waals surface area contributed by atoms with E-state index in [4.69, 9.17) is 10.5 Å². The predicted octanol–water partition coefficient (Wildman–Crippen LogP) is 1.78. The quantitative estimate of drug-likeness (QED) is 0.862. The van der Waals surface area contributed by atoms with Gasteiger partial charge in [0.15, 0.2) is 0 Å². The van der Waals surface area contributed by atoms with E-state index >= 15 is 0 Å². The first-order valence-electron chi connectivity index (χ1n) is 5.96. The summed E-state index contributed by atoms with van der Waals surface area (Å²) in [5.74, 6) is 0.914. The average Bonchev–Trinajstić information content (AvgIpc) is 2.72. The summed E-state index contributed by atoms with van der Waals surface area (Å²) in [7, 11) is 1.99. The van der Waals surface area contributed by atoms with Crippen molar-refractivity contribution in [2.45, 2.75) is 19.4 Å². The first-order chi connectivity index (χ1) is 8.24. The van der Waals surface area contributed by atoms with E-state index in [1.165, 1.54) is 5.56 Å². The number of hydrogen-bond acceptors (Lipinski definition) is 4. The molecule has 1 aliphatic heterocycles. The minimum absolute atomic E-state index is 0.309. The molecule has 1 aromatic carbocycles. The Morgan fingerprint density at radius 2 is 2.12 bits per heavy atom. The summed E-state index contributed by atoms with van der Waals surface area (Å²) in [4.78, 5) is 0. The number of hydrogen-bond donors (Lipinski definition) is 1. The zero-order chi connectivity index (χ0) is 12.3. The molecule has 2 N–H and O–H groups in total. The SMILES string of the molecule is CCOc1ccc(C2CC(CN)=NN2C)cc1. The van der Waals surface area contributed by atoms with E-state index in [1.54, 1.807) is 0 Å². The minimum Gasteiger partial charge on any atom is -0.494 e. The molecule has 1 unspecified atom stereocenters. The third kappa shape index (κ3) is 2.58. The van der Waals surface area contributed by atoms with Crippen molar-refractivity contribution in [3.05, 3.63) is 29.8 Å². The fraction of sp³-hybridized carbons (Fsp3) is 0.462. The lowest BCUT2D eigenvalue weighted by Gasteiger charge is -2.19. The van der Waals surface area contributed by atoms with Crippen LogP contribution in [0.15, 0.2) is 29.4 Å². The van der Waals surface area contributed by atoms with Crippen LogP contribution in [-0.2, 0) is 0 Å². The van der Waals surface area contributed by atoms with Gasteiger partial charge in [-0.25, -0.2) is 0 Å². The molecule has 92 valence electrons. The molecule has 0 fully saturated rings. The molecule has 2 rings (SSSR count). The Morgan fingerprint density at radius 1 is 1.41 bits per heavy atom. The van der Waals surface area contributed by atoms with Gasteiger partial charge in [-0.15, -0.1) is 0 Å². The Hall–Kier alpha value is -1.55. The monoisotopic (exact) mass is 233 g/mol. The Balaban J connectivity index is 2.08. The molecule has 1 atom stereocenters. The van der Waals surface area contributed by atoms with Crippen molar-refractivity contribution < 1.29 is 4.74 Å². The number of benzene rings is 1. The van der Waals surface area contributed by atoms with E-state index in [0.29, 0.717) is 19.2 Å². The second kappa shape index (κ2) is 5.19. The molecule has 0 radical (unpaired) electrons. The first-order valence-corrected chi connectivity index (χ1v) is 5.96. The van der Waals surface area contributed by atoms with Gasteiger partial charge in [0.25, 0.3) is 0 Å². The van der Waals surface area contributed by atoms with Crippen molar-refractivity contribution in [1.82, 2.24) is 5.01 Å². The summed E-state index contributed by atoms with van der Waals surface area (Å²) in [5.41, 5.74) is 7.94. The molecule has 0 bridgehead atoms. The molecule has 17 heavy (non-hydrogen) atoms. The van der Waals surface area contributed by atoms with Gasteiger partial charge in [0.2, 0.25) is 0 Å². The highest BCUT2D eigenvalue weighted by Crippen LogP contribution is 2.29. The van der Waals surface area contributed by atoms with Crippen LogP contribution >= 0.6 is 0 Å². The van der Waals surface area contributed by atoms with Crippen molar-refractivity contribution in [3.8, 4) is 5.75 Å². The Bertz CT molecular complexity index is 400. The number of nitrogens with zero attached hydrogens (tertiary/aromatic N) is 2. The largest absolute Gasteiger partial charge is 0.494 e. The maximum atomic E-state index is 5.62. The van der Waals surface area contributed by atoms with Gasteiger partial charge < -0.3 is 10.5 Å². The molecule has 1 aromatic rings. The van der Waals surface area contributed by atoms with Gasteiger partial charge in [0.05, 0.1) is 18.4 Å². The van der Waals surface area contributed by atoms with E-state index in [9.17, 15) is 0 Å². The molecule has 1 aliphatic rings. The zero-order valence-corrected chi connectivity index (χ0v) is 10.4. The van der Waals surface area contributed by atoms with Gasteiger partial charge in [0, 0.05) is 20.0 Å². The van der Waals surface area contributed by atoms with E-state index in [-0.39, 0.29) is 0 Å². The highest BCUT2D eigenvalue weighted by atomic mass is 16.5. The summed E-state index contributed by atoms with van der Waals surface area (Å²) in [6.07, 6.45) is 0.918. The van der Waals surface area contributed by atoms with Crippen molar-refractivity contribution in [3.63, 3.8) is 0 Å². The van der Waals surface area contributed by atoms with Gasteiger partial charge in [-0.1, -0.05) is 12.1 Å². The number of ether oxygens (including phenoxy) is 1. The van der Waals surface area contributed by atoms with Gasteiger partial charge in [0.1, 0.15) is 5.75 Å². The molecule has 0 saturated carbocycles. The van der Waals surface area contributed by atoms with Crippen LogP contribution < -0.4 is 10.5 Å². The van der Waals surface area contributed by atoms with E-state index in [0.717, 1.165) is 17.9 Å². The number of rotatable bonds is 4. The highest BCUT2D eigenvalue weighted by Gasteiger charge is 2.24. The summed E-state index contributed by atoms with van der Waals surface area (Å²) in [6.45, 7) is 3.22. The molecular formula is C13H19N3O. The predicted molar refractivity (Wildman–Crippen MR) is 69.2 cm³/mol. The van der Waals surface area contributed by atoms with E-state index < -0.39 is 0 Å². The molecule has 4 heteroatoms. The number of nitrogens with two attached hydrogens (primary N) is 1. The molecule has 0 spiro atoms. The maximum Gasteiger partial charge on any atom is 0.119 e. The molecule has 0 aliphatic carbocycles. The van der Waals surface area contributed by atoms with Crippen molar-refractivity contribution >= 4 is 5.71 Å². The molecule has 0 saturated heterocycles. The standard InChI is InChI=1S/C13H19N3O/c1-3-17-12-6-4-10(5-7-12)13-8-11(9-14)15-16(13)2/h4-7,13H,3,8-9,14H2,1-2H3. The lowest BCUT2D eigenvalue weighted by molar-refractivity contribution is 0.289. The van der Waals surface area contributed by atoms with Crippen LogP contribution in [0.2, 0.25) is 0 Å². The maximum absolute atomic E-state index is 5.62. The van der Waals surface area contributed by atoms with Crippen LogP contribution in [0.4, 0.5) is 0 Å². The molecule has 0 aromatic heterocycles. The third-order valence-corrected chi connectivity index (χ3v) is 2.99. The van der Waals surface area contributed by atoms with Crippen LogP contribution in [0.5, 0.6) is 5.75 Å². The van der Waals surface area contributed by atoms with Gasteiger partial charge in [-0.2, -0.15) is 5.10 Å². The fourth-order valence-corrected chi connectivity index (χ4v) is 2.10. The van der Waals surface area contributed by atoms with Crippen LogP contribution in [0.3, 0.4) is 0 Å².